The SMILES string of the molecule is C=C1C(=O)O[C@@H]2/C=C(/CO)C(OC(C)=O)C[C@H](O)/C(C)=C\C(OC(=O)/C(C)=C\C)[C@@H]12. The van der Waals surface area contributed by atoms with E-state index in [2.05, 4.69) is 6.58 Å². The van der Waals surface area contributed by atoms with Crippen molar-refractivity contribution in [1.29, 1.82) is 0 Å². The van der Waals surface area contributed by atoms with Crippen molar-refractivity contribution in [2.24, 2.45) is 5.92 Å². The van der Waals surface area contributed by atoms with Gasteiger partial charge in [-0.2, -0.15) is 0 Å². The lowest BCUT2D eigenvalue weighted by atomic mass is 9.85. The fraction of sp³-hybridized carbons (Fsp3) is 0.500. The Kier molecular flexibility index (Phi) is 7.75. The molecule has 0 saturated carbocycles. The van der Waals surface area contributed by atoms with Gasteiger partial charge in [-0.15, -0.1) is 0 Å². The maximum atomic E-state index is 12.4. The normalized spacial score (nSPS) is 33.4. The van der Waals surface area contributed by atoms with Crippen LogP contribution in [0.15, 0.2) is 47.1 Å². The molecule has 164 valence electrons. The second-order valence-electron chi connectivity index (χ2n) is 7.42. The predicted octanol–water partition coefficient (Wildman–Crippen LogP) is 1.52. The van der Waals surface area contributed by atoms with E-state index in [4.69, 9.17) is 14.2 Å². The summed E-state index contributed by atoms with van der Waals surface area (Å²) in [5, 5.41) is 20.5. The van der Waals surface area contributed by atoms with Gasteiger partial charge in [0, 0.05) is 24.5 Å². The number of carbonyl (C=O) groups is 3. The maximum absolute atomic E-state index is 12.4. The van der Waals surface area contributed by atoms with Crippen molar-refractivity contribution in [3.05, 3.63) is 47.1 Å². The van der Waals surface area contributed by atoms with Crippen LogP contribution in [0.1, 0.15) is 34.1 Å². The third-order valence-electron chi connectivity index (χ3n) is 5.29. The molecule has 2 unspecified atom stereocenters. The zero-order valence-corrected chi connectivity index (χ0v) is 17.6. The Morgan fingerprint density at radius 2 is 1.97 bits per heavy atom. The van der Waals surface area contributed by atoms with Gasteiger partial charge in [0.2, 0.25) is 0 Å². The Labute approximate surface area is 175 Å². The molecule has 1 aliphatic carbocycles. The van der Waals surface area contributed by atoms with Crippen LogP contribution in [0.3, 0.4) is 0 Å². The Morgan fingerprint density at radius 1 is 1.30 bits per heavy atom. The molecule has 1 heterocycles. The third-order valence-corrected chi connectivity index (χ3v) is 5.29. The van der Waals surface area contributed by atoms with E-state index < -0.39 is 54.8 Å². The summed E-state index contributed by atoms with van der Waals surface area (Å²) in [5.74, 6) is -2.58. The fourth-order valence-electron chi connectivity index (χ4n) is 3.38. The minimum atomic E-state index is -1.05. The van der Waals surface area contributed by atoms with Crippen molar-refractivity contribution in [1.82, 2.24) is 0 Å². The van der Waals surface area contributed by atoms with Gasteiger partial charge in [0.05, 0.1) is 18.6 Å². The number of rotatable bonds is 4. The lowest BCUT2D eigenvalue weighted by Crippen LogP contribution is -2.35. The Bertz CT molecular complexity index is 819. The molecule has 8 nitrogen and oxygen atoms in total. The Hall–Kier alpha value is -2.71. The molecule has 0 radical (unpaired) electrons. The topological polar surface area (TPSA) is 119 Å². The lowest BCUT2D eigenvalue weighted by molar-refractivity contribution is -0.147. The molecule has 2 N–H and O–H groups in total. The highest BCUT2D eigenvalue weighted by Crippen LogP contribution is 2.36. The molecule has 2 rings (SSSR count). The maximum Gasteiger partial charge on any atom is 0.334 e. The van der Waals surface area contributed by atoms with Crippen LogP contribution in [0.2, 0.25) is 0 Å². The van der Waals surface area contributed by atoms with Gasteiger partial charge in [-0.05, 0) is 44.1 Å². The summed E-state index contributed by atoms with van der Waals surface area (Å²) in [6.45, 7) is 9.46. The highest BCUT2D eigenvalue weighted by Gasteiger charge is 2.45. The zero-order valence-electron chi connectivity index (χ0n) is 17.6. The first-order chi connectivity index (χ1) is 14.1. The molecular formula is C22H28O8. The summed E-state index contributed by atoms with van der Waals surface area (Å²) in [7, 11) is 0. The van der Waals surface area contributed by atoms with Crippen molar-refractivity contribution < 1.29 is 38.8 Å². The molecule has 1 aliphatic heterocycles. The van der Waals surface area contributed by atoms with Gasteiger partial charge >= 0.3 is 17.9 Å². The van der Waals surface area contributed by atoms with E-state index in [9.17, 15) is 24.6 Å². The molecule has 0 amide bonds. The minimum absolute atomic E-state index is 0.0187. The van der Waals surface area contributed by atoms with E-state index in [-0.39, 0.29) is 17.6 Å². The summed E-state index contributed by atoms with van der Waals surface area (Å²) in [6.07, 6.45) is 0.817. The Morgan fingerprint density at radius 3 is 2.53 bits per heavy atom. The van der Waals surface area contributed by atoms with Crippen LogP contribution >= 0.6 is 0 Å². The molecule has 2 aliphatic rings. The van der Waals surface area contributed by atoms with Crippen molar-refractivity contribution in [3.8, 4) is 0 Å². The molecule has 0 aromatic heterocycles. The van der Waals surface area contributed by atoms with Crippen LogP contribution in [-0.4, -0.2) is 59.1 Å². The molecule has 0 aromatic rings. The van der Waals surface area contributed by atoms with Gasteiger partial charge in [0.25, 0.3) is 0 Å². The number of aliphatic hydroxyl groups excluding tert-OH is 2. The monoisotopic (exact) mass is 420 g/mol. The van der Waals surface area contributed by atoms with Gasteiger partial charge < -0.3 is 24.4 Å². The zero-order chi connectivity index (χ0) is 22.6. The van der Waals surface area contributed by atoms with Gasteiger partial charge in [0.15, 0.2) is 0 Å². The average Bonchev–Trinajstić information content (AvgIpc) is 2.96. The van der Waals surface area contributed by atoms with E-state index in [1.807, 2.05) is 0 Å². The molecule has 8 heteroatoms. The molecule has 30 heavy (non-hydrogen) atoms. The standard InChI is InChI=1S/C22H28O8/c1-6-11(2)21(26)29-18-7-12(3)16(25)9-17(28-14(5)24)15(10-23)8-19-20(18)13(4)22(27)30-19/h6-8,16-20,23,25H,4,9-10H2,1-3,5H3/b11-6-,12-7-,15-8-/t16-,17?,18?,19+,20+/m0/s1. The third kappa shape index (κ3) is 5.25. The van der Waals surface area contributed by atoms with Crippen LogP contribution < -0.4 is 0 Å². The first kappa shape index (κ1) is 23.6. The number of aliphatic hydroxyl groups is 2. The van der Waals surface area contributed by atoms with Gasteiger partial charge in [0.1, 0.15) is 18.3 Å². The van der Waals surface area contributed by atoms with Crippen LogP contribution in [-0.2, 0) is 28.6 Å². The van der Waals surface area contributed by atoms with Crippen molar-refractivity contribution in [3.63, 3.8) is 0 Å². The second-order valence-corrected chi connectivity index (χ2v) is 7.42. The first-order valence-electron chi connectivity index (χ1n) is 9.67. The minimum Gasteiger partial charge on any atom is -0.458 e. The van der Waals surface area contributed by atoms with Crippen LogP contribution in [0.25, 0.3) is 0 Å². The van der Waals surface area contributed by atoms with Crippen molar-refractivity contribution in [2.75, 3.05) is 6.61 Å². The van der Waals surface area contributed by atoms with Crippen molar-refractivity contribution in [2.45, 2.75) is 58.5 Å². The number of hydrogen-bond donors (Lipinski definition) is 2. The summed E-state index contributed by atoms with van der Waals surface area (Å²) in [5.41, 5.74) is 1.21. The second kappa shape index (κ2) is 9.86. The number of esters is 3. The summed E-state index contributed by atoms with van der Waals surface area (Å²) < 4.78 is 16.3. The van der Waals surface area contributed by atoms with E-state index in [0.717, 1.165) is 0 Å². The smallest absolute Gasteiger partial charge is 0.334 e. The predicted molar refractivity (Wildman–Crippen MR) is 107 cm³/mol. The number of hydrogen-bond acceptors (Lipinski definition) is 8. The van der Waals surface area contributed by atoms with Gasteiger partial charge in [-0.25, -0.2) is 9.59 Å². The van der Waals surface area contributed by atoms with Gasteiger partial charge in [-0.3, -0.25) is 4.79 Å². The van der Waals surface area contributed by atoms with E-state index in [0.29, 0.717) is 11.1 Å². The molecule has 0 bridgehead atoms. The molecular weight excluding hydrogens is 392 g/mol. The number of allylic oxidation sites excluding steroid dienone is 1. The number of fused-ring (bicyclic) bond motifs is 1. The Balaban J connectivity index is 2.56. The molecule has 0 spiro atoms. The van der Waals surface area contributed by atoms with Gasteiger partial charge in [-0.1, -0.05) is 12.7 Å². The van der Waals surface area contributed by atoms with Crippen LogP contribution in [0, 0.1) is 5.92 Å². The summed E-state index contributed by atoms with van der Waals surface area (Å²) >= 11 is 0. The fourth-order valence-corrected chi connectivity index (χ4v) is 3.38. The average molecular weight is 420 g/mol. The summed E-state index contributed by atoms with van der Waals surface area (Å²) in [4.78, 5) is 36.2. The lowest BCUT2D eigenvalue weighted by Gasteiger charge is -2.29. The summed E-state index contributed by atoms with van der Waals surface area (Å²) in [6, 6.07) is 0. The molecule has 0 aromatic carbocycles. The highest BCUT2D eigenvalue weighted by molar-refractivity contribution is 5.92. The quantitative estimate of drug-likeness (QED) is 0.304. The van der Waals surface area contributed by atoms with E-state index in [1.54, 1.807) is 32.9 Å². The molecule has 1 fully saturated rings. The van der Waals surface area contributed by atoms with E-state index >= 15 is 0 Å². The largest absolute Gasteiger partial charge is 0.458 e. The first-order valence-corrected chi connectivity index (χ1v) is 9.67. The molecule has 1 saturated heterocycles. The van der Waals surface area contributed by atoms with E-state index in [1.165, 1.54) is 13.0 Å². The van der Waals surface area contributed by atoms with Crippen LogP contribution in [0.5, 0.6) is 0 Å². The highest BCUT2D eigenvalue weighted by atomic mass is 16.6. The number of carbonyl (C=O) groups excluding carboxylic acids is 3. The van der Waals surface area contributed by atoms with Crippen molar-refractivity contribution >= 4 is 17.9 Å². The number of ether oxygens (including phenoxy) is 3. The van der Waals surface area contributed by atoms with Crippen LogP contribution in [0.4, 0.5) is 0 Å². The molecule has 5 atom stereocenters.